The zero-order valence-corrected chi connectivity index (χ0v) is 15.7. The van der Waals surface area contributed by atoms with Gasteiger partial charge in [0.25, 0.3) is 0 Å². The number of hydrogen-bond donors (Lipinski definition) is 1. The first-order chi connectivity index (χ1) is 13.4. The lowest BCUT2D eigenvalue weighted by molar-refractivity contribution is -0.122. The van der Waals surface area contributed by atoms with Crippen LogP contribution in [0.1, 0.15) is 17.2 Å². The summed E-state index contributed by atoms with van der Waals surface area (Å²) in [5.41, 5.74) is 6.72. The summed E-state index contributed by atoms with van der Waals surface area (Å²) in [5.74, 6) is -1.50. The summed E-state index contributed by atoms with van der Waals surface area (Å²) in [6.07, 6.45) is 0. The lowest BCUT2D eigenvalue weighted by Gasteiger charge is -2.29. The van der Waals surface area contributed by atoms with Crippen molar-refractivity contribution in [1.29, 1.82) is 0 Å². The predicted octanol–water partition coefficient (Wildman–Crippen LogP) is 3.24. The van der Waals surface area contributed by atoms with Gasteiger partial charge in [-0.25, -0.2) is 12.8 Å². The molecule has 0 saturated heterocycles. The zero-order chi connectivity index (χ0) is 20.1. The highest BCUT2D eigenvalue weighted by molar-refractivity contribution is 7.89. The molecule has 5 nitrogen and oxygen atoms in total. The molecule has 0 heterocycles. The van der Waals surface area contributed by atoms with E-state index < -0.39 is 27.8 Å². The minimum atomic E-state index is -4.22. The van der Waals surface area contributed by atoms with Gasteiger partial charge in [0.05, 0.1) is 4.90 Å². The van der Waals surface area contributed by atoms with E-state index in [1.165, 1.54) is 12.1 Å². The summed E-state index contributed by atoms with van der Waals surface area (Å²) in [4.78, 5) is 12.1. The molecule has 0 bridgehead atoms. The fourth-order valence-electron chi connectivity index (χ4n) is 2.95. The van der Waals surface area contributed by atoms with Gasteiger partial charge in [-0.05, 0) is 29.3 Å². The number of nitrogens with two attached hydrogens (primary N) is 1. The summed E-state index contributed by atoms with van der Waals surface area (Å²) >= 11 is 0. The summed E-state index contributed by atoms with van der Waals surface area (Å²) in [7, 11) is -4.22. The molecule has 0 aliphatic rings. The number of nitrogens with zero attached hydrogens (tertiary/aromatic N) is 1. The van der Waals surface area contributed by atoms with E-state index in [-0.39, 0.29) is 11.4 Å². The first-order valence-corrected chi connectivity index (χ1v) is 9.99. The van der Waals surface area contributed by atoms with Crippen LogP contribution in [0.3, 0.4) is 0 Å². The molecule has 3 aromatic rings. The molecule has 3 rings (SSSR count). The van der Waals surface area contributed by atoms with E-state index in [1.54, 1.807) is 60.7 Å². The molecular weight excluding hydrogens is 379 g/mol. The van der Waals surface area contributed by atoms with Crippen molar-refractivity contribution >= 4 is 15.9 Å². The van der Waals surface area contributed by atoms with E-state index in [4.69, 9.17) is 5.73 Å². The van der Waals surface area contributed by atoms with Crippen LogP contribution in [0.5, 0.6) is 0 Å². The third-order valence-electron chi connectivity index (χ3n) is 4.26. The number of carbonyl (C=O) groups is 1. The van der Waals surface area contributed by atoms with Gasteiger partial charge in [0, 0.05) is 6.54 Å². The molecule has 0 unspecified atom stereocenters. The standard InChI is InChI=1S/C21H19FN2O3S/c22-18-12-7-13-19(14-18)28(26,27)24(15-16-8-3-1-4-9-16)20(21(23)25)17-10-5-2-6-11-17/h1-14,20H,15H2,(H2,23,25)/t20-/m1/s1. The van der Waals surface area contributed by atoms with Crippen molar-refractivity contribution in [2.75, 3.05) is 0 Å². The molecule has 0 aliphatic carbocycles. The van der Waals surface area contributed by atoms with E-state index in [2.05, 4.69) is 0 Å². The monoisotopic (exact) mass is 398 g/mol. The largest absolute Gasteiger partial charge is 0.368 e. The van der Waals surface area contributed by atoms with Gasteiger partial charge in [-0.2, -0.15) is 4.31 Å². The van der Waals surface area contributed by atoms with Crippen molar-refractivity contribution in [3.8, 4) is 0 Å². The van der Waals surface area contributed by atoms with Crippen LogP contribution in [-0.2, 0) is 21.4 Å². The quantitative estimate of drug-likeness (QED) is 0.663. The number of primary amides is 1. The Morgan fingerprint density at radius 1 is 0.929 bits per heavy atom. The molecule has 0 aromatic heterocycles. The molecule has 0 saturated carbocycles. The highest BCUT2D eigenvalue weighted by Gasteiger charge is 2.36. The van der Waals surface area contributed by atoms with Crippen LogP contribution in [0.15, 0.2) is 89.8 Å². The van der Waals surface area contributed by atoms with Gasteiger partial charge in [-0.1, -0.05) is 66.7 Å². The molecule has 3 aromatic carbocycles. The minimum absolute atomic E-state index is 0.0951. The average molecular weight is 398 g/mol. The second kappa shape index (κ2) is 8.33. The number of sulfonamides is 1. The van der Waals surface area contributed by atoms with Crippen LogP contribution in [0.4, 0.5) is 4.39 Å². The number of hydrogen-bond acceptors (Lipinski definition) is 3. The lowest BCUT2D eigenvalue weighted by Crippen LogP contribution is -2.41. The van der Waals surface area contributed by atoms with Crippen molar-refractivity contribution in [3.05, 3.63) is 102 Å². The normalized spacial score (nSPS) is 12.6. The van der Waals surface area contributed by atoms with Gasteiger partial charge >= 0.3 is 0 Å². The smallest absolute Gasteiger partial charge is 0.244 e. The molecule has 0 spiro atoms. The van der Waals surface area contributed by atoms with Crippen molar-refractivity contribution in [3.63, 3.8) is 0 Å². The maximum atomic E-state index is 13.7. The number of halogens is 1. The van der Waals surface area contributed by atoms with Gasteiger partial charge in [-0.15, -0.1) is 0 Å². The van der Waals surface area contributed by atoms with Gasteiger partial charge in [0.15, 0.2) is 0 Å². The Balaban J connectivity index is 2.15. The molecule has 0 aliphatic heterocycles. The Bertz CT molecular complexity index is 1060. The van der Waals surface area contributed by atoms with Gasteiger partial charge < -0.3 is 5.73 Å². The highest BCUT2D eigenvalue weighted by Crippen LogP contribution is 2.30. The Morgan fingerprint density at radius 3 is 2.11 bits per heavy atom. The Hall–Kier alpha value is -3.03. The number of rotatable bonds is 7. The van der Waals surface area contributed by atoms with Gasteiger partial charge in [0.1, 0.15) is 11.9 Å². The van der Waals surface area contributed by atoms with Gasteiger partial charge in [-0.3, -0.25) is 4.79 Å². The van der Waals surface area contributed by atoms with Gasteiger partial charge in [0.2, 0.25) is 15.9 Å². The lowest BCUT2D eigenvalue weighted by atomic mass is 10.1. The second-order valence-electron chi connectivity index (χ2n) is 6.21. The molecular formula is C21H19FN2O3S. The molecule has 1 amide bonds. The summed E-state index contributed by atoms with van der Waals surface area (Å²) < 4.78 is 41.4. The summed E-state index contributed by atoms with van der Waals surface area (Å²) in [6, 6.07) is 20.7. The fraction of sp³-hybridized carbons (Fsp3) is 0.0952. The van der Waals surface area contributed by atoms with Crippen LogP contribution >= 0.6 is 0 Å². The first-order valence-electron chi connectivity index (χ1n) is 8.55. The molecule has 28 heavy (non-hydrogen) atoms. The average Bonchev–Trinajstić information content (AvgIpc) is 2.69. The van der Waals surface area contributed by atoms with Crippen LogP contribution in [0.2, 0.25) is 0 Å². The first kappa shape index (κ1) is 19.7. The number of benzene rings is 3. The topological polar surface area (TPSA) is 80.5 Å². The SMILES string of the molecule is NC(=O)[C@@H](c1ccccc1)N(Cc1ccccc1)S(=O)(=O)c1cccc(F)c1. The van der Waals surface area contributed by atoms with Crippen molar-refractivity contribution in [2.45, 2.75) is 17.5 Å². The fourth-order valence-corrected chi connectivity index (χ4v) is 4.55. The van der Waals surface area contributed by atoms with Crippen molar-refractivity contribution in [1.82, 2.24) is 4.31 Å². The molecule has 0 fully saturated rings. The van der Waals surface area contributed by atoms with E-state index in [0.717, 1.165) is 16.4 Å². The summed E-state index contributed by atoms with van der Waals surface area (Å²) in [5, 5.41) is 0. The van der Waals surface area contributed by atoms with Crippen LogP contribution in [0.25, 0.3) is 0 Å². The van der Waals surface area contributed by atoms with Crippen LogP contribution < -0.4 is 5.73 Å². The third kappa shape index (κ3) is 4.27. The highest BCUT2D eigenvalue weighted by atomic mass is 32.2. The second-order valence-corrected chi connectivity index (χ2v) is 8.10. The zero-order valence-electron chi connectivity index (χ0n) is 14.9. The van der Waals surface area contributed by atoms with E-state index in [9.17, 15) is 17.6 Å². The van der Waals surface area contributed by atoms with E-state index in [1.807, 2.05) is 0 Å². The molecule has 1 atom stereocenters. The van der Waals surface area contributed by atoms with E-state index >= 15 is 0 Å². The minimum Gasteiger partial charge on any atom is -0.368 e. The maximum Gasteiger partial charge on any atom is 0.244 e. The van der Waals surface area contributed by atoms with Crippen molar-refractivity contribution in [2.24, 2.45) is 5.73 Å². The molecule has 2 N–H and O–H groups in total. The molecule has 144 valence electrons. The predicted molar refractivity (Wildman–Crippen MR) is 104 cm³/mol. The third-order valence-corrected chi connectivity index (χ3v) is 6.06. The number of carbonyl (C=O) groups excluding carboxylic acids is 1. The Labute approximate surface area is 163 Å². The Kier molecular flexibility index (Phi) is 5.87. The summed E-state index contributed by atoms with van der Waals surface area (Å²) in [6.45, 7) is -0.0951. The van der Waals surface area contributed by atoms with Crippen molar-refractivity contribution < 1.29 is 17.6 Å². The van der Waals surface area contributed by atoms with E-state index in [0.29, 0.717) is 11.1 Å². The molecule has 0 radical (unpaired) electrons. The molecule has 7 heteroatoms. The van der Waals surface area contributed by atoms with Crippen LogP contribution in [-0.4, -0.2) is 18.6 Å². The maximum absolute atomic E-state index is 13.7. The number of amides is 1. The van der Waals surface area contributed by atoms with Crippen LogP contribution in [0, 0.1) is 5.82 Å². The Morgan fingerprint density at radius 2 is 1.54 bits per heavy atom.